The maximum absolute atomic E-state index is 5.30. The molecule has 2 atom stereocenters. The van der Waals surface area contributed by atoms with Crippen LogP contribution < -0.4 is 10.1 Å². The van der Waals surface area contributed by atoms with Crippen molar-refractivity contribution in [1.82, 2.24) is 15.3 Å². The maximum atomic E-state index is 5.30. The SMILES string of the molecule is CNC(c1nccnc1OC)C1CCCCS1. The van der Waals surface area contributed by atoms with Gasteiger partial charge in [0.05, 0.1) is 13.2 Å². The molecule has 2 unspecified atom stereocenters. The largest absolute Gasteiger partial charge is 0.480 e. The molecule has 1 aromatic heterocycles. The summed E-state index contributed by atoms with van der Waals surface area (Å²) in [5.74, 6) is 1.88. The minimum atomic E-state index is 0.226. The number of rotatable bonds is 4. The highest BCUT2D eigenvalue weighted by atomic mass is 32.2. The summed E-state index contributed by atoms with van der Waals surface area (Å²) in [4.78, 5) is 8.66. The molecule has 1 N–H and O–H groups in total. The van der Waals surface area contributed by atoms with Crippen molar-refractivity contribution in [2.24, 2.45) is 0 Å². The zero-order chi connectivity index (χ0) is 12.1. The van der Waals surface area contributed by atoms with Crippen LogP contribution in [0.1, 0.15) is 31.0 Å². The fourth-order valence-electron chi connectivity index (χ4n) is 2.23. The quantitative estimate of drug-likeness (QED) is 0.889. The Bertz CT molecular complexity index is 355. The number of methoxy groups -OCH3 is 1. The van der Waals surface area contributed by atoms with Crippen LogP contribution in [-0.4, -0.2) is 35.1 Å². The predicted octanol–water partition coefficient (Wildman–Crippen LogP) is 2.03. The summed E-state index contributed by atoms with van der Waals surface area (Å²) in [5.41, 5.74) is 0.928. The van der Waals surface area contributed by atoms with Crippen LogP contribution >= 0.6 is 11.8 Å². The van der Waals surface area contributed by atoms with Crippen molar-refractivity contribution in [1.29, 1.82) is 0 Å². The zero-order valence-electron chi connectivity index (χ0n) is 10.3. The van der Waals surface area contributed by atoms with Gasteiger partial charge in [-0.05, 0) is 25.6 Å². The van der Waals surface area contributed by atoms with Crippen molar-refractivity contribution in [3.8, 4) is 5.88 Å². The Hall–Kier alpha value is -0.810. The normalized spacial score (nSPS) is 22.1. The molecule has 0 amide bonds. The van der Waals surface area contributed by atoms with E-state index in [1.54, 1.807) is 19.5 Å². The van der Waals surface area contributed by atoms with Gasteiger partial charge in [0.1, 0.15) is 5.69 Å². The van der Waals surface area contributed by atoms with Gasteiger partial charge in [-0.15, -0.1) is 0 Å². The first kappa shape index (κ1) is 12.6. The molecular weight excluding hydrogens is 234 g/mol. The lowest BCUT2D eigenvalue weighted by molar-refractivity contribution is 0.376. The summed E-state index contributed by atoms with van der Waals surface area (Å²) in [6.07, 6.45) is 7.27. The van der Waals surface area contributed by atoms with Crippen LogP contribution in [0.15, 0.2) is 12.4 Å². The minimum Gasteiger partial charge on any atom is -0.480 e. The van der Waals surface area contributed by atoms with Crippen molar-refractivity contribution in [3.05, 3.63) is 18.1 Å². The minimum absolute atomic E-state index is 0.226. The van der Waals surface area contributed by atoms with Crippen molar-refractivity contribution < 1.29 is 4.74 Å². The van der Waals surface area contributed by atoms with E-state index < -0.39 is 0 Å². The number of ether oxygens (including phenoxy) is 1. The lowest BCUT2D eigenvalue weighted by Crippen LogP contribution is -2.30. The van der Waals surface area contributed by atoms with E-state index >= 15 is 0 Å². The summed E-state index contributed by atoms with van der Waals surface area (Å²) in [6.45, 7) is 0. The summed E-state index contributed by atoms with van der Waals surface area (Å²) >= 11 is 2.02. The van der Waals surface area contributed by atoms with E-state index in [2.05, 4.69) is 15.3 Å². The van der Waals surface area contributed by atoms with Crippen LogP contribution in [0, 0.1) is 0 Å². The summed E-state index contributed by atoms with van der Waals surface area (Å²) in [6, 6.07) is 0.226. The van der Waals surface area contributed by atoms with Gasteiger partial charge in [-0.2, -0.15) is 11.8 Å². The van der Waals surface area contributed by atoms with Crippen molar-refractivity contribution in [3.63, 3.8) is 0 Å². The Morgan fingerprint density at radius 3 is 2.88 bits per heavy atom. The molecule has 94 valence electrons. The molecule has 17 heavy (non-hydrogen) atoms. The zero-order valence-corrected chi connectivity index (χ0v) is 11.2. The predicted molar refractivity (Wildman–Crippen MR) is 70.5 cm³/mol. The Balaban J connectivity index is 2.21. The fraction of sp³-hybridized carbons (Fsp3) is 0.667. The van der Waals surface area contributed by atoms with Crippen LogP contribution in [0.4, 0.5) is 0 Å². The van der Waals surface area contributed by atoms with E-state index in [4.69, 9.17) is 4.74 Å². The molecule has 2 rings (SSSR count). The van der Waals surface area contributed by atoms with Crippen LogP contribution in [0.5, 0.6) is 5.88 Å². The van der Waals surface area contributed by atoms with Gasteiger partial charge in [-0.3, -0.25) is 4.98 Å². The molecule has 4 nitrogen and oxygen atoms in total. The first-order valence-electron chi connectivity index (χ1n) is 6.00. The fourth-order valence-corrected chi connectivity index (χ4v) is 3.70. The lowest BCUT2D eigenvalue weighted by atomic mass is 10.0. The summed E-state index contributed by atoms with van der Waals surface area (Å²) in [5, 5.41) is 3.93. The van der Waals surface area contributed by atoms with E-state index in [0.717, 1.165) is 5.69 Å². The van der Waals surface area contributed by atoms with E-state index in [1.165, 1.54) is 25.0 Å². The van der Waals surface area contributed by atoms with Crippen LogP contribution in [0.25, 0.3) is 0 Å². The third kappa shape index (κ3) is 2.90. The van der Waals surface area contributed by atoms with Gasteiger partial charge in [0.2, 0.25) is 5.88 Å². The highest BCUT2D eigenvalue weighted by molar-refractivity contribution is 8.00. The molecule has 0 aromatic carbocycles. The van der Waals surface area contributed by atoms with Gasteiger partial charge in [0.25, 0.3) is 0 Å². The number of nitrogens with zero attached hydrogens (tertiary/aromatic N) is 2. The highest BCUT2D eigenvalue weighted by Gasteiger charge is 2.28. The van der Waals surface area contributed by atoms with E-state index in [0.29, 0.717) is 11.1 Å². The molecule has 1 aromatic rings. The smallest absolute Gasteiger partial charge is 0.237 e. The molecule has 1 aliphatic heterocycles. The summed E-state index contributed by atoms with van der Waals surface area (Å²) < 4.78 is 5.30. The molecule has 1 saturated heterocycles. The molecular formula is C12H19N3OS. The second kappa shape index (κ2) is 6.21. The van der Waals surface area contributed by atoms with Crippen molar-refractivity contribution >= 4 is 11.8 Å². The third-order valence-corrected chi connectivity index (χ3v) is 4.54. The molecule has 0 aliphatic carbocycles. The van der Waals surface area contributed by atoms with Gasteiger partial charge in [-0.1, -0.05) is 6.42 Å². The molecule has 2 heterocycles. The molecule has 1 aliphatic rings. The number of hydrogen-bond acceptors (Lipinski definition) is 5. The highest BCUT2D eigenvalue weighted by Crippen LogP contribution is 2.35. The molecule has 0 bridgehead atoms. The molecule has 5 heteroatoms. The average Bonchev–Trinajstić information content (AvgIpc) is 2.41. The standard InChI is InChI=1S/C12H19N3OS/c1-13-10(9-5-3-4-8-17-9)11-12(16-2)15-7-6-14-11/h6-7,9-10,13H,3-5,8H2,1-2H3. The summed E-state index contributed by atoms with van der Waals surface area (Å²) in [7, 11) is 3.63. The monoisotopic (exact) mass is 253 g/mol. The average molecular weight is 253 g/mol. The van der Waals surface area contributed by atoms with Crippen LogP contribution in [-0.2, 0) is 0 Å². The van der Waals surface area contributed by atoms with Crippen LogP contribution in [0.3, 0.4) is 0 Å². The lowest BCUT2D eigenvalue weighted by Gasteiger charge is -2.29. The van der Waals surface area contributed by atoms with Gasteiger partial charge in [0, 0.05) is 17.6 Å². The Kier molecular flexibility index (Phi) is 4.62. The van der Waals surface area contributed by atoms with Crippen LogP contribution in [0.2, 0.25) is 0 Å². The number of nitrogens with one attached hydrogen (secondary N) is 1. The van der Waals surface area contributed by atoms with Crippen molar-refractivity contribution in [2.75, 3.05) is 19.9 Å². The Morgan fingerprint density at radius 1 is 1.41 bits per heavy atom. The Labute approximate surface area is 107 Å². The topological polar surface area (TPSA) is 47.0 Å². The van der Waals surface area contributed by atoms with E-state index in [1.807, 2.05) is 18.8 Å². The molecule has 0 radical (unpaired) electrons. The molecule has 0 saturated carbocycles. The van der Waals surface area contributed by atoms with Gasteiger partial charge < -0.3 is 10.1 Å². The third-order valence-electron chi connectivity index (χ3n) is 3.08. The maximum Gasteiger partial charge on any atom is 0.237 e. The van der Waals surface area contributed by atoms with Gasteiger partial charge in [0.15, 0.2) is 0 Å². The van der Waals surface area contributed by atoms with E-state index in [9.17, 15) is 0 Å². The first-order chi connectivity index (χ1) is 8.36. The number of thioether (sulfide) groups is 1. The number of hydrogen-bond donors (Lipinski definition) is 1. The number of aromatic nitrogens is 2. The van der Waals surface area contributed by atoms with E-state index in [-0.39, 0.29) is 6.04 Å². The molecule has 0 spiro atoms. The molecule has 1 fully saturated rings. The Morgan fingerprint density at radius 2 is 2.24 bits per heavy atom. The van der Waals surface area contributed by atoms with Gasteiger partial charge >= 0.3 is 0 Å². The second-order valence-electron chi connectivity index (χ2n) is 4.12. The van der Waals surface area contributed by atoms with Gasteiger partial charge in [-0.25, -0.2) is 4.98 Å². The van der Waals surface area contributed by atoms with Crippen molar-refractivity contribution in [2.45, 2.75) is 30.6 Å². The first-order valence-corrected chi connectivity index (χ1v) is 7.05. The second-order valence-corrected chi connectivity index (χ2v) is 5.47.